The van der Waals surface area contributed by atoms with E-state index in [1.807, 2.05) is 7.05 Å². The molecule has 2 aromatic heterocycles. The molecule has 12 heavy (non-hydrogen) atoms. The summed E-state index contributed by atoms with van der Waals surface area (Å²) in [7, 11) is 1.82. The molecule has 6 heteroatoms. The second-order valence-corrected chi connectivity index (χ2v) is 3.46. The molecule has 0 saturated carbocycles. The van der Waals surface area contributed by atoms with E-state index in [4.69, 9.17) is 11.6 Å². The van der Waals surface area contributed by atoms with Crippen molar-refractivity contribution < 1.29 is 0 Å². The number of hydrogen-bond acceptors (Lipinski definition) is 4. The highest BCUT2D eigenvalue weighted by atomic mass is 35.5. The van der Waals surface area contributed by atoms with E-state index in [1.54, 1.807) is 16.3 Å². The average molecular weight is 201 g/mol. The molecule has 0 aliphatic rings. The molecule has 0 aliphatic heterocycles. The summed E-state index contributed by atoms with van der Waals surface area (Å²) in [5.41, 5.74) is 0.881. The molecule has 0 amide bonds. The lowest BCUT2D eigenvalue weighted by atomic mass is 10.5. The maximum Gasteiger partial charge on any atom is 0.144 e. The van der Waals surface area contributed by atoms with Crippen molar-refractivity contribution >= 4 is 22.9 Å². The van der Waals surface area contributed by atoms with Crippen LogP contribution >= 0.6 is 22.9 Å². The van der Waals surface area contributed by atoms with Crippen LogP contribution in [0.1, 0.15) is 0 Å². The van der Waals surface area contributed by atoms with E-state index in [-0.39, 0.29) is 0 Å². The Balaban J connectivity index is 2.50. The molecule has 0 atom stereocenters. The van der Waals surface area contributed by atoms with Crippen molar-refractivity contribution in [1.29, 1.82) is 0 Å². The van der Waals surface area contributed by atoms with Gasteiger partial charge in [0, 0.05) is 12.4 Å². The van der Waals surface area contributed by atoms with Crippen molar-refractivity contribution in [3.63, 3.8) is 0 Å². The largest absolute Gasteiger partial charge is 0.245 e. The number of aromatic nitrogens is 4. The van der Waals surface area contributed by atoms with Gasteiger partial charge < -0.3 is 0 Å². The Bertz CT molecular complexity index is 394. The maximum atomic E-state index is 5.68. The third kappa shape index (κ3) is 1.21. The molecule has 0 radical (unpaired) electrons. The molecule has 0 unspecified atom stereocenters. The lowest BCUT2D eigenvalue weighted by Gasteiger charge is -1.92. The SMILES string of the molecule is Cn1nncc1-c1nc(Cl)cs1. The first-order valence-corrected chi connectivity index (χ1v) is 4.49. The van der Waals surface area contributed by atoms with Crippen LogP contribution in [-0.4, -0.2) is 20.0 Å². The summed E-state index contributed by atoms with van der Waals surface area (Å²) in [6.45, 7) is 0. The van der Waals surface area contributed by atoms with Crippen molar-refractivity contribution in [2.24, 2.45) is 7.05 Å². The molecule has 0 N–H and O–H groups in total. The Morgan fingerprint density at radius 3 is 2.92 bits per heavy atom. The van der Waals surface area contributed by atoms with Crippen molar-refractivity contribution in [1.82, 2.24) is 20.0 Å². The van der Waals surface area contributed by atoms with E-state index in [0.717, 1.165) is 10.7 Å². The zero-order chi connectivity index (χ0) is 8.55. The molecule has 0 saturated heterocycles. The average Bonchev–Trinajstić information content (AvgIpc) is 2.58. The summed E-state index contributed by atoms with van der Waals surface area (Å²) >= 11 is 7.16. The molecule has 2 rings (SSSR count). The number of nitrogens with zero attached hydrogens (tertiary/aromatic N) is 4. The first-order chi connectivity index (χ1) is 5.77. The van der Waals surface area contributed by atoms with Gasteiger partial charge >= 0.3 is 0 Å². The highest BCUT2D eigenvalue weighted by Crippen LogP contribution is 2.23. The summed E-state index contributed by atoms with van der Waals surface area (Å²) in [6.07, 6.45) is 1.66. The third-order valence-electron chi connectivity index (χ3n) is 1.41. The molecule has 0 aromatic carbocycles. The van der Waals surface area contributed by atoms with Crippen molar-refractivity contribution in [2.45, 2.75) is 0 Å². The Morgan fingerprint density at radius 2 is 2.42 bits per heavy atom. The second-order valence-electron chi connectivity index (χ2n) is 2.22. The van der Waals surface area contributed by atoms with Crippen LogP contribution in [-0.2, 0) is 7.05 Å². The van der Waals surface area contributed by atoms with Gasteiger partial charge in [0.1, 0.15) is 15.9 Å². The van der Waals surface area contributed by atoms with Gasteiger partial charge in [0.05, 0.1) is 6.20 Å². The fraction of sp³-hybridized carbons (Fsp3) is 0.167. The predicted molar refractivity (Wildman–Crippen MR) is 47.1 cm³/mol. The fourth-order valence-electron chi connectivity index (χ4n) is 0.855. The molecule has 0 bridgehead atoms. The Hall–Kier alpha value is -0.940. The minimum atomic E-state index is 0.510. The van der Waals surface area contributed by atoms with Gasteiger partial charge in [-0.25, -0.2) is 9.67 Å². The smallest absolute Gasteiger partial charge is 0.144 e. The van der Waals surface area contributed by atoms with Crippen LogP contribution in [0.3, 0.4) is 0 Å². The van der Waals surface area contributed by atoms with Crippen molar-refractivity contribution in [2.75, 3.05) is 0 Å². The van der Waals surface area contributed by atoms with Gasteiger partial charge in [-0.1, -0.05) is 16.8 Å². The van der Waals surface area contributed by atoms with E-state index < -0.39 is 0 Å². The normalized spacial score (nSPS) is 10.5. The quantitative estimate of drug-likeness (QED) is 0.702. The van der Waals surface area contributed by atoms with Crippen LogP contribution in [0, 0.1) is 0 Å². The van der Waals surface area contributed by atoms with Crippen LogP contribution in [0.2, 0.25) is 5.15 Å². The molecule has 0 aliphatic carbocycles. The minimum absolute atomic E-state index is 0.510. The topological polar surface area (TPSA) is 43.6 Å². The molecular formula is C6H5ClN4S. The first-order valence-electron chi connectivity index (χ1n) is 3.23. The van der Waals surface area contributed by atoms with Gasteiger partial charge in [-0.15, -0.1) is 16.4 Å². The summed E-state index contributed by atoms with van der Waals surface area (Å²) < 4.78 is 1.66. The van der Waals surface area contributed by atoms with Crippen LogP contribution in [0.25, 0.3) is 10.7 Å². The van der Waals surface area contributed by atoms with Crippen molar-refractivity contribution in [3.05, 3.63) is 16.7 Å². The zero-order valence-corrected chi connectivity index (χ0v) is 7.80. The molecule has 0 fully saturated rings. The van der Waals surface area contributed by atoms with E-state index in [1.165, 1.54) is 11.3 Å². The van der Waals surface area contributed by atoms with E-state index >= 15 is 0 Å². The monoisotopic (exact) mass is 200 g/mol. The molecule has 2 aromatic rings. The lowest BCUT2D eigenvalue weighted by Crippen LogP contribution is -1.92. The Kier molecular flexibility index (Phi) is 1.82. The lowest BCUT2D eigenvalue weighted by molar-refractivity contribution is 0.720. The molecule has 4 nitrogen and oxygen atoms in total. The van der Waals surface area contributed by atoms with Crippen LogP contribution in [0.5, 0.6) is 0 Å². The van der Waals surface area contributed by atoms with Crippen molar-refractivity contribution in [3.8, 4) is 10.7 Å². The van der Waals surface area contributed by atoms with Crippen LogP contribution < -0.4 is 0 Å². The van der Waals surface area contributed by atoms with Crippen LogP contribution in [0.15, 0.2) is 11.6 Å². The number of rotatable bonds is 1. The zero-order valence-electron chi connectivity index (χ0n) is 6.23. The molecule has 2 heterocycles. The van der Waals surface area contributed by atoms with Gasteiger partial charge in [-0.05, 0) is 0 Å². The standard InChI is InChI=1S/C6H5ClN4S/c1-11-4(2-8-10-11)6-9-5(7)3-12-6/h2-3H,1H3. The Labute approximate surface area is 77.8 Å². The number of halogens is 1. The fourth-order valence-corrected chi connectivity index (χ4v) is 1.84. The van der Waals surface area contributed by atoms with E-state index in [2.05, 4.69) is 15.3 Å². The summed E-state index contributed by atoms with van der Waals surface area (Å²) in [4.78, 5) is 4.10. The highest BCUT2D eigenvalue weighted by molar-refractivity contribution is 7.13. The number of thiazole rings is 1. The maximum absolute atomic E-state index is 5.68. The summed E-state index contributed by atoms with van der Waals surface area (Å²) in [5.74, 6) is 0. The number of aryl methyl sites for hydroxylation is 1. The Morgan fingerprint density at radius 1 is 1.58 bits per heavy atom. The first kappa shape index (κ1) is 7.70. The molecule has 62 valence electrons. The second kappa shape index (κ2) is 2.84. The number of hydrogen-bond donors (Lipinski definition) is 0. The van der Waals surface area contributed by atoms with Crippen LogP contribution in [0.4, 0.5) is 0 Å². The van der Waals surface area contributed by atoms with Gasteiger partial charge in [0.15, 0.2) is 0 Å². The third-order valence-corrected chi connectivity index (χ3v) is 2.60. The van der Waals surface area contributed by atoms with Gasteiger partial charge in [0.25, 0.3) is 0 Å². The highest BCUT2D eigenvalue weighted by Gasteiger charge is 2.07. The molecular weight excluding hydrogens is 196 g/mol. The summed E-state index contributed by atoms with van der Waals surface area (Å²) in [5, 5.41) is 10.7. The van der Waals surface area contributed by atoms with Gasteiger partial charge in [0.2, 0.25) is 0 Å². The minimum Gasteiger partial charge on any atom is -0.245 e. The predicted octanol–water partition coefficient (Wildman–Crippen LogP) is 1.59. The van der Waals surface area contributed by atoms with Gasteiger partial charge in [-0.2, -0.15) is 0 Å². The van der Waals surface area contributed by atoms with E-state index in [0.29, 0.717) is 5.15 Å². The van der Waals surface area contributed by atoms with E-state index in [9.17, 15) is 0 Å². The molecule has 0 spiro atoms. The van der Waals surface area contributed by atoms with Gasteiger partial charge in [-0.3, -0.25) is 0 Å². The summed E-state index contributed by atoms with van der Waals surface area (Å²) in [6, 6.07) is 0.